The maximum Gasteiger partial charge on any atom is 0.242 e. The van der Waals surface area contributed by atoms with Crippen molar-refractivity contribution in [2.24, 2.45) is 18.4 Å². The molecule has 0 bridgehead atoms. The number of carbonyl (C=O) groups excluding carboxylic acids is 2. The lowest BCUT2D eigenvalue weighted by molar-refractivity contribution is -0.127. The molecule has 2 aromatic heterocycles. The predicted octanol–water partition coefficient (Wildman–Crippen LogP) is 6.76. The molecule has 1 fully saturated rings. The lowest BCUT2D eigenvalue weighted by atomic mass is 9.60. The number of hydrogen-bond acceptors (Lipinski definition) is 5. The fraction of sp³-hybridized carbons (Fsp3) is 0.233. The zero-order chi connectivity index (χ0) is 26.9. The Morgan fingerprint density at radius 3 is 2.74 bits per heavy atom. The summed E-state index contributed by atoms with van der Waals surface area (Å²) in [6.45, 7) is 7.86. The lowest BCUT2D eigenvalue weighted by Gasteiger charge is -2.40. The number of phenolic OH excluding ortho intramolecular Hbond substituents is 1. The number of allylic oxidation sites excluding steroid dienone is 3. The number of nitrogens with zero attached hydrogens (tertiary/aromatic N) is 3. The van der Waals surface area contributed by atoms with Crippen LogP contribution < -0.4 is 4.90 Å². The van der Waals surface area contributed by atoms with E-state index in [2.05, 4.69) is 6.58 Å². The topological polar surface area (TPSA) is 75.4 Å². The van der Waals surface area contributed by atoms with Crippen molar-refractivity contribution in [3.63, 3.8) is 0 Å². The van der Waals surface area contributed by atoms with Gasteiger partial charge in [-0.1, -0.05) is 42.5 Å². The van der Waals surface area contributed by atoms with Gasteiger partial charge in [0.15, 0.2) is 0 Å². The number of carbonyl (C=O) groups is 2. The van der Waals surface area contributed by atoms with Crippen molar-refractivity contribution < 1.29 is 14.7 Å². The Morgan fingerprint density at radius 2 is 2.00 bits per heavy atom. The van der Waals surface area contributed by atoms with Gasteiger partial charge in [0, 0.05) is 28.8 Å². The van der Waals surface area contributed by atoms with Crippen molar-refractivity contribution in [1.82, 2.24) is 9.78 Å². The molecule has 0 saturated carbocycles. The molecule has 1 N–H and O–H groups in total. The Bertz CT molecular complexity index is 1700. The van der Waals surface area contributed by atoms with E-state index in [1.807, 2.05) is 50.3 Å². The fourth-order valence-corrected chi connectivity index (χ4v) is 7.48. The van der Waals surface area contributed by atoms with Crippen LogP contribution in [0.4, 0.5) is 5.82 Å². The molecule has 0 spiro atoms. The Morgan fingerprint density at radius 1 is 1.21 bits per heavy atom. The summed E-state index contributed by atoms with van der Waals surface area (Å²) in [6.07, 6.45) is 4.17. The summed E-state index contributed by atoms with van der Waals surface area (Å²) in [7, 11) is 1.75. The van der Waals surface area contributed by atoms with Crippen LogP contribution in [0.5, 0.6) is 5.75 Å². The minimum atomic E-state index is -1.04. The first-order valence-electron chi connectivity index (χ1n) is 12.4. The molecule has 1 saturated heterocycles. The van der Waals surface area contributed by atoms with Crippen molar-refractivity contribution in [3.8, 4) is 16.3 Å². The number of imide groups is 1. The summed E-state index contributed by atoms with van der Waals surface area (Å²) >= 11 is 7.84. The Hall–Kier alpha value is -3.68. The molecule has 0 radical (unpaired) electrons. The molecule has 8 heteroatoms. The van der Waals surface area contributed by atoms with E-state index in [1.54, 1.807) is 47.3 Å². The molecule has 1 aliphatic heterocycles. The van der Waals surface area contributed by atoms with E-state index in [4.69, 9.17) is 16.7 Å². The first kappa shape index (κ1) is 24.6. The van der Waals surface area contributed by atoms with Crippen molar-refractivity contribution in [2.75, 3.05) is 4.90 Å². The molecule has 192 valence electrons. The number of aryl methyl sites for hydroxylation is 2. The molecule has 6 rings (SSSR count). The van der Waals surface area contributed by atoms with Crippen molar-refractivity contribution >= 4 is 50.7 Å². The summed E-state index contributed by atoms with van der Waals surface area (Å²) in [4.78, 5) is 30.4. The van der Waals surface area contributed by atoms with Crippen LogP contribution in [0.25, 0.3) is 20.7 Å². The highest BCUT2D eigenvalue weighted by Crippen LogP contribution is 2.57. The van der Waals surface area contributed by atoms with Crippen LogP contribution in [0.3, 0.4) is 0 Å². The summed E-state index contributed by atoms with van der Waals surface area (Å²) in [6, 6.07) is 14.5. The Kier molecular flexibility index (Phi) is 5.63. The fourth-order valence-electron chi connectivity index (χ4n) is 6.17. The maximum absolute atomic E-state index is 14.3. The zero-order valence-corrected chi connectivity index (χ0v) is 22.8. The Balaban J connectivity index is 1.45. The molecule has 3 heterocycles. The number of hydrogen-bond donors (Lipinski definition) is 1. The third-order valence-electron chi connectivity index (χ3n) is 8.08. The van der Waals surface area contributed by atoms with E-state index in [1.165, 1.54) is 4.90 Å². The molecular formula is C30H26ClN3O3S. The quantitative estimate of drug-likeness (QED) is 0.288. The normalized spacial score (nSPS) is 23.2. The summed E-state index contributed by atoms with van der Waals surface area (Å²) in [5.74, 6) is -0.928. The highest BCUT2D eigenvalue weighted by molar-refractivity contribution is 7.22. The van der Waals surface area contributed by atoms with E-state index < -0.39 is 17.3 Å². The van der Waals surface area contributed by atoms with Gasteiger partial charge in [-0.2, -0.15) is 5.10 Å². The largest absolute Gasteiger partial charge is 0.508 e. The van der Waals surface area contributed by atoms with Crippen LogP contribution in [0, 0.1) is 18.3 Å². The number of halogens is 1. The van der Waals surface area contributed by atoms with Crippen LogP contribution >= 0.6 is 22.9 Å². The van der Waals surface area contributed by atoms with Gasteiger partial charge >= 0.3 is 0 Å². The molecule has 2 aromatic carbocycles. The highest BCUT2D eigenvalue weighted by atomic mass is 35.5. The molecular weight excluding hydrogens is 518 g/mol. The number of thiophene rings is 1. The first-order chi connectivity index (χ1) is 18.1. The molecule has 0 unspecified atom stereocenters. The van der Waals surface area contributed by atoms with Gasteiger partial charge in [0.05, 0.1) is 16.2 Å². The van der Waals surface area contributed by atoms with Crippen LogP contribution in [0.1, 0.15) is 30.4 Å². The highest BCUT2D eigenvalue weighted by Gasteiger charge is 2.62. The van der Waals surface area contributed by atoms with Gasteiger partial charge in [0.1, 0.15) is 17.3 Å². The average molecular weight is 544 g/mol. The van der Waals surface area contributed by atoms with E-state index in [-0.39, 0.29) is 17.6 Å². The Labute approximate surface area is 229 Å². The first-order valence-corrected chi connectivity index (χ1v) is 13.6. The van der Waals surface area contributed by atoms with E-state index in [9.17, 15) is 14.7 Å². The third-order valence-corrected chi connectivity index (χ3v) is 9.61. The standard InChI is InChI=1S/C30H26ClN3O3S/c1-5-17-9-11-22-28(36)34(29(37)30(22,3)26(17)18-7-6-8-20(35)13-18)25-15-23(32-33(25)4)27-16(2)21-14-19(31)10-12-24(21)38-27/h5-10,12-15,22,26,35H,1,11H2,2-4H3/t22-,26+,30+/m0/s1. The lowest BCUT2D eigenvalue weighted by Crippen LogP contribution is -2.41. The number of fused-ring (bicyclic) bond motifs is 2. The smallest absolute Gasteiger partial charge is 0.242 e. The number of benzene rings is 2. The molecule has 2 amide bonds. The number of amides is 2. The number of anilines is 1. The second-order valence-electron chi connectivity index (χ2n) is 10.2. The van der Waals surface area contributed by atoms with Crippen LogP contribution in [0.15, 0.2) is 72.8 Å². The molecule has 6 nitrogen and oxygen atoms in total. The van der Waals surface area contributed by atoms with Gasteiger partial charge < -0.3 is 5.11 Å². The van der Waals surface area contributed by atoms with E-state index >= 15 is 0 Å². The van der Waals surface area contributed by atoms with Gasteiger partial charge in [-0.15, -0.1) is 11.3 Å². The van der Waals surface area contributed by atoms with Crippen molar-refractivity contribution in [1.29, 1.82) is 0 Å². The van der Waals surface area contributed by atoms with Gasteiger partial charge in [0.2, 0.25) is 11.8 Å². The van der Waals surface area contributed by atoms with Gasteiger partial charge in [-0.05, 0) is 72.7 Å². The predicted molar refractivity (Wildman–Crippen MR) is 152 cm³/mol. The molecule has 38 heavy (non-hydrogen) atoms. The van der Waals surface area contributed by atoms with Gasteiger partial charge in [-0.25, -0.2) is 4.90 Å². The van der Waals surface area contributed by atoms with E-state index in [0.717, 1.165) is 31.7 Å². The van der Waals surface area contributed by atoms with Gasteiger partial charge in [0.25, 0.3) is 0 Å². The zero-order valence-electron chi connectivity index (χ0n) is 21.2. The third kappa shape index (κ3) is 3.42. The number of aromatic nitrogens is 2. The minimum absolute atomic E-state index is 0.113. The van der Waals surface area contributed by atoms with Crippen molar-refractivity contribution in [3.05, 3.63) is 89.0 Å². The van der Waals surface area contributed by atoms with E-state index in [0.29, 0.717) is 23.0 Å². The molecule has 2 aliphatic rings. The molecule has 4 aromatic rings. The van der Waals surface area contributed by atoms with Crippen LogP contribution in [0.2, 0.25) is 5.02 Å². The molecule has 1 aliphatic carbocycles. The van der Waals surface area contributed by atoms with Gasteiger partial charge in [-0.3, -0.25) is 14.3 Å². The van der Waals surface area contributed by atoms with Crippen molar-refractivity contribution in [2.45, 2.75) is 26.2 Å². The second kappa shape index (κ2) is 8.68. The second-order valence-corrected chi connectivity index (χ2v) is 11.7. The SMILES string of the molecule is C=CC1=CC[C@H]2C(=O)N(c3cc(-c4sc5ccc(Cl)cc5c4C)nn3C)C(=O)[C@@]2(C)[C@H]1c1cccc(O)c1. The summed E-state index contributed by atoms with van der Waals surface area (Å²) in [5.41, 5.74) is 2.37. The number of aromatic hydroxyl groups is 1. The maximum atomic E-state index is 14.3. The number of phenols is 1. The monoisotopic (exact) mass is 543 g/mol. The summed E-state index contributed by atoms with van der Waals surface area (Å²) < 4.78 is 2.70. The number of rotatable bonds is 4. The average Bonchev–Trinajstić information content (AvgIpc) is 3.48. The molecule has 3 atom stereocenters. The summed E-state index contributed by atoms with van der Waals surface area (Å²) in [5, 5.41) is 16.6. The van der Waals surface area contributed by atoms with Crippen LogP contribution in [-0.4, -0.2) is 26.7 Å². The van der Waals surface area contributed by atoms with Crippen LogP contribution in [-0.2, 0) is 16.6 Å². The minimum Gasteiger partial charge on any atom is -0.508 e.